The number of thiophene rings is 1. The molecular formula is C18H25NS. The molecule has 1 atom stereocenters. The van der Waals surface area contributed by atoms with E-state index in [4.69, 9.17) is 0 Å². The Labute approximate surface area is 127 Å². The first kappa shape index (κ1) is 15.3. The molecule has 2 aromatic rings. The smallest absolute Gasteiger partial charge is 0.0386 e. The van der Waals surface area contributed by atoms with Gasteiger partial charge in [0.2, 0.25) is 0 Å². The summed E-state index contributed by atoms with van der Waals surface area (Å²) in [5.41, 5.74) is 2.93. The van der Waals surface area contributed by atoms with Crippen LogP contribution in [0.15, 0.2) is 36.4 Å². The summed E-state index contributed by atoms with van der Waals surface area (Å²) in [4.78, 5) is 2.76. The first-order chi connectivity index (χ1) is 9.41. The standard InChI is InChI=1S/C18H25NS/c1-6-19-13(2)16-11-12-17(20-16)14-7-9-15(10-8-14)18(3,4)5/h7-13,19H,6H2,1-5H3. The van der Waals surface area contributed by atoms with Crippen LogP contribution in [0.25, 0.3) is 10.4 Å². The van der Waals surface area contributed by atoms with Crippen LogP contribution in [0.1, 0.15) is 51.1 Å². The summed E-state index contributed by atoms with van der Waals surface area (Å²) < 4.78 is 0. The van der Waals surface area contributed by atoms with Crippen molar-refractivity contribution in [2.45, 2.75) is 46.1 Å². The average molecular weight is 287 g/mol. The molecule has 20 heavy (non-hydrogen) atoms. The fourth-order valence-electron chi connectivity index (χ4n) is 2.28. The summed E-state index contributed by atoms with van der Waals surface area (Å²) >= 11 is 1.88. The Morgan fingerprint density at radius 2 is 1.70 bits per heavy atom. The van der Waals surface area contributed by atoms with Gasteiger partial charge < -0.3 is 5.32 Å². The predicted octanol–water partition coefficient (Wildman–Crippen LogP) is 5.38. The van der Waals surface area contributed by atoms with E-state index in [0.29, 0.717) is 6.04 Å². The van der Waals surface area contributed by atoms with E-state index in [1.165, 1.54) is 20.9 Å². The van der Waals surface area contributed by atoms with Crippen LogP contribution in [-0.2, 0) is 5.41 Å². The summed E-state index contributed by atoms with van der Waals surface area (Å²) in [6, 6.07) is 13.9. The fraction of sp³-hybridized carbons (Fsp3) is 0.444. The monoisotopic (exact) mass is 287 g/mol. The topological polar surface area (TPSA) is 12.0 Å². The number of hydrogen-bond donors (Lipinski definition) is 1. The molecule has 1 N–H and O–H groups in total. The van der Waals surface area contributed by atoms with Crippen molar-refractivity contribution in [3.8, 4) is 10.4 Å². The van der Waals surface area contributed by atoms with Gasteiger partial charge in [-0.15, -0.1) is 11.3 Å². The van der Waals surface area contributed by atoms with E-state index < -0.39 is 0 Å². The van der Waals surface area contributed by atoms with Crippen molar-refractivity contribution in [2.24, 2.45) is 0 Å². The highest BCUT2D eigenvalue weighted by Gasteiger charge is 2.14. The van der Waals surface area contributed by atoms with E-state index in [2.05, 4.69) is 76.3 Å². The quantitative estimate of drug-likeness (QED) is 0.795. The lowest BCUT2D eigenvalue weighted by Crippen LogP contribution is -2.16. The van der Waals surface area contributed by atoms with Gasteiger partial charge >= 0.3 is 0 Å². The SMILES string of the molecule is CCNC(C)c1ccc(-c2ccc(C(C)(C)C)cc2)s1. The molecule has 2 rings (SSSR count). The minimum Gasteiger partial charge on any atom is -0.310 e. The van der Waals surface area contributed by atoms with E-state index in [1.807, 2.05) is 11.3 Å². The first-order valence-corrected chi connectivity index (χ1v) is 8.17. The maximum absolute atomic E-state index is 3.47. The third-order valence-corrected chi connectivity index (χ3v) is 4.92. The second kappa shape index (κ2) is 6.11. The highest BCUT2D eigenvalue weighted by atomic mass is 32.1. The van der Waals surface area contributed by atoms with Crippen LogP contribution >= 0.6 is 11.3 Å². The van der Waals surface area contributed by atoms with Gasteiger partial charge in [-0.3, -0.25) is 0 Å². The van der Waals surface area contributed by atoms with E-state index in [1.54, 1.807) is 0 Å². The number of hydrogen-bond acceptors (Lipinski definition) is 2. The molecule has 0 amide bonds. The lowest BCUT2D eigenvalue weighted by molar-refractivity contribution is 0.590. The van der Waals surface area contributed by atoms with Crippen LogP contribution in [0, 0.1) is 0 Å². The molecule has 1 heterocycles. The van der Waals surface area contributed by atoms with E-state index >= 15 is 0 Å². The van der Waals surface area contributed by atoms with Crippen molar-refractivity contribution in [3.63, 3.8) is 0 Å². The third-order valence-electron chi connectivity index (χ3n) is 3.60. The third kappa shape index (κ3) is 3.50. The molecule has 1 aromatic heterocycles. The van der Waals surface area contributed by atoms with Gasteiger partial charge in [0, 0.05) is 15.8 Å². The van der Waals surface area contributed by atoms with Crippen molar-refractivity contribution in [3.05, 3.63) is 46.8 Å². The second-order valence-corrected chi connectivity index (χ2v) is 7.42. The van der Waals surface area contributed by atoms with Crippen LogP contribution < -0.4 is 5.32 Å². The Balaban J connectivity index is 2.20. The van der Waals surface area contributed by atoms with E-state index in [9.17, 15) is 0 Å². The van der Waals surface area contributed by atoms with Crippen LogP contribution in [0.4, 0.5) is 0 Å². The lowest BCUT2D eigenvalue weighted by Gasteiger charge is -2.19. The van der Waals surface area contributed by atoms with Gasteiger partial charge in [-0.25, -0.2) is 0 Å². The van der Waals surface area contributed by atoms with Crippen molar-refractivity contribution in [2.75, 3.05) is 6.54 Å². The average Bonchev–Trinajstić information content (AvgIpc) is 2.88. The molecule has 1 nitrogen and oxygen atoms in total. The van der Waals surface area contributed by atoms with Crippen molar-refractivity contribution < 1.29 is 0 Å². The summed E-state index contributed by atoms with van der Waals surface area (Å²) in [5.74, 6) is 0. The minimum absolute atomic E-state index is 0.221. The van der Waals surface area contributed by atoms with Crippen LogP contribution in [0.5, 0.6) is 0 Å². The van der Waals surface area contributed by atoms with E-state index in [-0.39, 0.29) is 5.41 Å². The van der Waals surface area contributed by atoms with Gasteiger partial charge in [-0.05, 0) is 42.1 Å². The first-order valence-electron chi connectivity index (χ1n) is 7.36. The lowest BCUT2D eigenvalue weighted by atomic mass is 9.86. The molecule has 1 aromatic carbocycles. The minimum atomic E-state index is 0.221. The zero-order valence-electron chi connectivity index (χ0n) is 13.2. The molecular weight excluding hydrogens is 262 g/mol. The Morgan fingerprint density at radius 3 is 2.25 bits per heavy atom. The second-order valence-electron chi connectivity index (χ2n) is 6.31. The zero-order valence-corrected chi connectivity index (χ0v) is 14.0. The van der Waals surface area contributed by atoms with Gasteiger partial charge in [-0.1, -0.05) is 52.0 Å². The molecule has 108 valence electrons. The van der Waals surface area contributed by atoms with Crippen molar-refractivity contribution in [1.29, 1.82) is 0 Å². The number of nitrogens with one attached hydrogen (secondary N) is 1. The van der Waals surface area contributed by atoms with Crippen LogP contribution in [0.2, 0.25) is 0 Å². The Hall–Kier alpha value is -1.12. The van der Waals surface area contributed by atoms with Crippen molar-refractivity contribution in [1.82, 2.24) is 5.32 Å². The maximum Gasteiger partial charge on any atom is 0.0386 e. The number of rotatable bonds is 4. The summed E-state index contributed by atoms with van der Waals surface area (Å²) in [5, 5.41) is 3.47. The van der Waals surface area contributed by atoms with Gasteiger partial charge in [-0.2, -0.15) is 0 Å². The Morgan fingerprint density at radius 1 is 1.05 bits per heavy atom. The fourth-order valence-corrected chi connectivity index (χ4v) is 3.32. The Bertz CT molecular complexity index is 546. The molecule has 2 heteroatoms. The zero-order chi connectivity index (χ0) is 14.8. The molecule has 0 aliphatic rings. The highest BCUT2D eigenvalue weighted by molar-refractivity contribution is 7.15. The molecule has 0 fully saturated rings. The van der Waals surface area contributed by atoms with Crippen LogP contribution in [0.3, 0.4) is 0 Å². The molecule has 0 aliphatic heterocycles. The van der Waals surface area contributed by atoms with Crippen LogP contribution in [-0.4, -0.2) is 6.54 Å². The molecule has 0 spiro atoms. The molecule has 1 unspecified atom stereocenters. The van der Waals surface area contributed by atoms with Gasteiger partial charge in [0.25, 0.3) is 0 Å². The summed E-state index contributed by atoms with van der Waals surface area (Å²) in [6.07, 6.45) is 0. The Kier molecular flexibility index (Phi) is 4.66. The normalized spacial score (nSPS) is 13.4. The highest BCUT2D eigenvalue weighted by Crippen LogP contribution is 2.32. The van der Waals surface area contributed by atoms with Gasteiger partial charge in [0.1, 0.15) is 0 Å². The summed E-state index contributed by atoms with van der Waals surface area (Å²) in [6.45, 7) is 12.1. The molecule has 0 radical (unpaired) electrons. The van der Waals surface area contributed by atoms with Gasteiger partial charge in [0.05, 0.1) is 0 Å². The molecule has 0 saturated carbocycles. The largest absolute Gasteiger partial charge is 0.310 e. The predicted molar refractivity (Wildman–Crippen MR) is 90.5 cm³/mol. The van der Waals surface area contributed by atoms with E-state index in [0.717, 1.165) is 6.54 Å². The van der Waals surface area contributed by atoms with Gasteiger partial charge in [0.15, 0.2) is 0 Å². The molecule has 0 saturated heterocycles. The molecule has 0 aliphatic carbocycles. The van der Waals surface area contributed by atoms with Crippen molar-refractivity contribution >= 4 is 11.3 Å². The number of benzene rings is 1. The summed E-state index contributed by atoms with van der Waals surface area (Å²) in [7, 11) is 0. The molecule has 0 bridgehead atoms. The maximum atomic E-state index is 3.47.